The molecule has 2 aromatic rings. The van der Waals surface area contributed by atoms with Crippen LogP contribution in [0.25, 0.3) is 0 Å². The highest BCUT2D eigenvalue weighted by atomic mass is 19.1. The molecule has 1 amide bonds. The van der Waals surface area contributed by atoms with Crippen LogP contribution in [-0.4, -0.2) is 12.5 Å². The minimum absolute atomic E-state index is 0.0938. The third kappa shape index (κ3) is 2.88. The lowest BCUT2D eigenvalue weighted by atomic mass is 10.1. The minimum atomic E-state index is -0.615. The third-order valence-corrected chi connectivity index (χ3v) is 2.73. The van der Waals surface area contributed by atoms with E-state index in [0.29, 0.717) is 18.0 Å². The second-order valence-corrected chi connectivity index (χ2v) is 4.08. The van der Waals surface area contributed by atoms with Crippen LogP contribution < -0.4 is 15.8 Å². The molecule has 2 aromatic carbocycles. The van der Waals surface area contributed by atoms with Gasteiger partial charge < -0.3 is 15.8 Å². The molecule has 2 rings (SSSR count). The first-order valence-electron chi connectivity index (χ1n) is 6.20. The summed E-state index contributed by atoms with van der Waals surface area (Å²) in [5, 5.41) is 2.67. The Labute approximate surface area is 116 Å². The summed E-state index contributed by atoms with van der Waals surface area (Å²) in [6.07, 6.45) is 0. The number of nitrogen functional groups attached to an aromatic ring is 1. The lowest BCUT2D eigenvalue weighted by molar-refractivity contribution is 0.102. The van der Waals surface area contributed by atoms with E-state index in [2.05, 4.69) is 5.32 Å². The predicted molar refractivity (Wildman–Crippen MR) is 76.4 cm³/mol. The molecule has 0 unspecified atom stereocenters. The average molecular weight is 274 g/mol. The zero-order valence-corrected chi connectivity index (χ0v) is 11.0. The maximum atomic E-state index is 13.3. The van der Waals surface area contributed by atoms with E-state index in [1.165, 1.54) is 18.2 Å². The van der Waals surface area contributed by atoms with Crippen LogP contribution in [0, 0.1) is 5.82 Å². The number of hydrogen-bond acceptors (Lipinski definition) is 3. The molecule has 0 saturated carbocycles. The van der Waals surface area contributed by atoms with Crippen LogP contribution >= 0.6 is 0 Å². The molecule has 5 heteroatoms. The zero-order chi connectivity index (χ0) is 14.5. The fraction of sp³-hybridized carbons (Fsp3) is 0.133. The van der Waals surface area contributed by atoms with Gasteiger partial charge in [0.15, 0.2) is 0 Å². The van der Waals surface area contributed by atoms with Crippen molar-refractivity contribution in [2.24, 2.45) is 0 Å². The molecule has 0 atom stereocenters. The maximum Gasteiger partial charge on any atom is 0.257 e. The van der Waals surface area contributed by atoms with Gasteiger partial charge >= 0.3 is 0 Å². The first kappa shape index (κ1) is 13.9. The molecule has 20 heavy (non-hydrogen) atoms. The highest BCUT2D eigenvalue weighted by Crippen LogP contribution is 2.25. The minimum Gasteiger partial charge on any atom is -0.492 e. The Kier molecular flexibility index (Phi) is 4.20. The number of benzene rings is 2. The summed E-state index contributed by atoms with van der Waals surface area (Å²) in [5.74, 6) is -0.539. The molecule has 0 saturated heterocycles. The lowest BCUT2D eigenvalue weighted by Crippen LogP contribution is -2.15. The normalized spacial score (nSPS) is 10.1. The van der Waals surface area contributed by atoms with Gasteiger partial charge in [-0.1, -0.05) is 18.2 Å². The van der Waals surface area contributed by atoms with Crippen molar-refractivity contribution in [2.75, 3.05) is 17.7 Å². The van der Waals surface area contributed by atoms with Gasteiger partial charge in [-0.25, -0.2) is 4.39 Å². The van der Waals surface area contributed by atoms with E-state index in [-0.39, 0.29) is 11.3 Å². The largest absolute Gasteiger partial charge is 0.492 e. The van der Waals surface area contributed by atoms with Crippen molar-refractivity contribution in [3.05, 3.63) is 53.8 Å². The molecule has 0 bridgehead atoms. The first-order valence-corrected chi connectivity index (χ1v) is 6.20. The molecule has 0 heterocycles. The van der Waals surface area contributed by atoms with Gasteiger partial charge in [0.25, 0.3) is 5.91 Å². The lowest BCUT2D eigenvalue weighted by Gasteiger charge is -2.12. The average Bonchev–Trinajstić information content (AvgIpc) is 2.44. The van der Waals surface area contributed by atoms with Crippen molar-refractivity contribution < 1.29 is 13.9 Å². The van der Waals surface area contributed by atoms with Crippen molar-refractivity contribution in [3.63, 3.8) is 0 Å². The summed E-state index contributed by atoms with van der Waals surface area (Å²) in [6.45, 7) is 2.33. The number of amides is 1. The number of rotatable bonds is 4. The van der Waals surface area contributed by atoms with Crippen LogP contribution in [0.1, 0.15) is 17.3 Å². The number of nitrogens with two attached hydrogens (primary N) is 1. The highest BCUT2D eigenvalue weighted by Gasteiger charge is 2.14. The van der Waals surface area contributed by atoms with E-state index >= 15 is 0 Å². The second kappa shape index (κ2) is 6.06. The number of para-hydroxylation sites is 3. The molecule has 4 nitrogen and oxygen atoms in total. The summed E-state index contributed by atoms with van der Waals surface area (Å²) in [5.41, 5.74) is 6.01. The maximum absolute atomic E-state index is 13.3. The highest BCUT2D eigenvalue weighted by molar-refractivity contribution is 6.08. The van der Waals surface area contributed by atoms with Crippen molar-refractivity contribution in [1.29, 1.82) is 0 Å². The van der Waals surface area contributed by atoms with Crippen LogP contribution in [0.15, 0.2) is 42.5 Å². The number of anilines is 2. The zero-order valence-electron chi connectivity index (χ0n) is 11.0. The Bertz CT molecular complexity index is 629. The molecule has 3 N–H and O–H groups in total. The van der Waals surface area contributed by atoms with Gasteiger partial charge in [0, 0.05) is 0 Å². The molecule has 0 aromatic heterocycles. The molecule has 104 valence electrons. The Hall–Kier alpha value is -2.56. The summed E-state index contributed by atoms with van der Waals surface area (Å²) < 4.78 is 18.8. The number of hydrogen-bond donors (Lipinski definition) is 2. The number of halogens is 1. The van der Waals surface area contributed by atoms with Crippen LogP contribution in [-0.2, 0) is 0 Å². The smallest absolute Gasteiger partial charge is 0.257 e. The Morgan fingerprint density at radius 2 is 2.00 bits per heavy atom. The van der Waals surface area contributed by atoms with Crippen molar-refractivity contribution in [1.82, 2.24) is 0 Å². The first-order chi connectivity index (χ1) is 9.63. The topological polar surface area (TPSA) is 64.3 Å². The van der Waals surface area contributed by atoms with Crippen LogP contribution in [0.5, 0.6) is 5.75 Å². The SMILES string of the molecule is CCOc1ccccc1NC(=O)c1cccc(F)c1N. The van der Waals surface area contributed by atoms with Gasteiger partial charge in [0.1, 0.15) is 11.6 Å². The molecule has 0 aliphatic carbocycles. The standard InChI is InChI=1S/C15H15FN2O2/c1-2-20-13-9-4-3-8-12(13)18-15(19)10-6-5-7-11(16)14(10)17/h3-9H,2,17H2,1H3,(H,18,19). The number of carbonyl (C=O) groups is 1. The Morgan fingerprint density at radius 1 is 1.25 bits per heavy atom. The van der Waals surface area contributed by atoms with E-state index < -0.39 is 11.7 Å². The van der Waals surface area contributed by atoms with Gasteiger partial charge in [-0.05, 0) is 31.2 Å². The van der Waals surface area contributed by atoms with Crippen LogP contribution in [0.2, 0.25) is 0 Å². The number of ether oxygens (including phenoxy) is 1. The van der Waals surface area contributed by atoms with Gasteiger partial charge in [-0.3, -0.25) is 4.79 Å². The molecular formula is C15H15FN2O2. The van der Waals surface area contributed by atoms with E-state index in [1.807, 2.05) is 6.92 Å². The molecular weight excluding hydrogens is 259 g/mol. The van der Waals surface area contributed by atoms with Crippen molar-refractivity contribution in [2.45, 2.75) is 6.92 Å². The van der Waals surface area contributed by atoms with E-state index in [1.54, 1.807) is 24.3 Å². The van der Waals surface area contributed by atoms with Crippen LogP contribution in [0.4, 0.5) is 15.8 Å². The second-order valence-electron chi connectivity index (χ2n) is 4.08. The summed E-state index contributed by atoms with van der Waals surface area (Å²) in [6, 6.07) is 11.1. The Morgan fingerprint density at radius 3 is 2.75 bits per heavy atom. The third-order valence-electron chi connectivity index (χ3n) is 2.73. The quantitative estimate of drug-likeness (QED) is 0.842. The van der Waals surface area contributed by atoms with Crippen molar-refractivity contribution in [3.8, 4) is 5.75 Å². The van der Waals surface area contributed by atoms with E-state index in [4.69, 9.17) is 10.5 Å². The van der Waals surface area contributed by atoms with Crippen molar-refractivity contribution >= 4 is 17.3 Å². The Balaban J connectivity index is 2.26. The predicted octanol–water partition coefficient (Wildman–Crippen LogP) is 3.06. The van der Waals surface area contributed by atoms with Gasteiger partial charge in [0.2, 0.25) is 0 Å². The fourth-order valence-electron chi connectivity index (χ4n) is 1.78. The van der Waals surface area contributed by atoms with Gasteiger partial charge in [-0.2, -0.15) is 0 Å². The molecule has 0 radical (unpaired) electrons. The number of nitrogens with one attached hydrogen (secondary N) is 1. The molecule has 0 aliphatic heterocycles. The fourth-order valence-corrected chi connectivity index (χ4v) is 1.78. The van der Waals surface area contributed by atoms with Gasteiger partial charge in [-0.15, -0.1) is 0 Å². The van der Waals surface area contributed by atoms with E-state index in [0.717, 1.165) is 0 Å². The van der Waals surface area contributed by atoms with Crippen LogP contribution in [0.3, 0.4) is 0 Å². The van der Waals surface area contributed by atoms with Gasteiger partial charge in [0.05, 0.1) is 23.5 Å². The summed E-state index contributed by atoms with van der Waals surface area (Å²) >= 11 is 0. The molecule has 0 aliphatic rings. The summed E-state index contributed by atoms with van der Waals surface area (Å²) in [7, 11) is 0. The van der Waals surface area contributed by atoms with E-state index in [9.17, 15) is 9.18 Å². The number of carbonyl (C=O) groups excluding carboxylic acids is 1. The molecule has 0 fully saturated rings. The monoisotopic (exact) mass is 274 g/mol. The molecule has 0 spiro atoms. The summed E-state index contributed by atoms with van der Waals surface area (Å²) in [4.78, 5) is 12.1.